The molecule has 1 aliphatic rings. The molecular formula is C16H11N7O2S. The normalized spacial score (nSPS) is 15.2. The number of aromatic amines is 1. The van der Waals surface area contributed by atoms with Crippen LogP contribution in [-0.4, -0.2) is 35.5 Å². The molecule has 9 nitrogen and oxygen atoms in total. The van der Waals surface area contributed by atoms with Crippen LogP contribution in [0, 0.1) is 0 Å². The van der Waals surface area contributed by atoms with Crippen LogP contribution in [0.5, 0.6) is 5.75 Å². The monoisotopic (exact) mass is 365 g/mol. The lowest BCUT2D eigenvalue weighted by atomic mass is 9.94. The van der Waals surface area contributed by atoms with Crippen molar-refractivity contribution in [3.8, 4) is 16.3 Å². The van der Waals surface area contributed by atoms with E-state index in [2.05, 4.69) is 31.0 Å². The Hall–Kier alpha value is -3.53. The number of anilines is 2. The first-order chi connectivity index (χ1) is 12.7. The largest absolute Gasteiger partial charge is 0.508 e. The lowest BCUT2D eigenvalue weighted by molar-refractivity contribution is 0.474. The van der Waals surface area contributed by atoms with Gasteiger partial charge in [0.05, 0.1) is 4.88 Å². The molecule has 3 aromatic heterocycles. The summed E-state index contributed by atoms with van der Waals surface area (Å²) in [5.74, 6) is 0.520. The summed E-state index contributed by atoms with van der Waals surface area (Å²) in [6.07, 6.45) is 0. The van der Waals surface area contributed by atoms with Crippen molar-refractivity contribution in [2.24, 2.45) is 0 Å². The highest BCUT2D eigenvalue weighted by Crippen LogP contribution is 2.42. The van der Waals surface area contributed by atoms with Crippen LogP contribution in [-0.2, 0) is 0 Å². The molecule has 0 unspecified atom stereocenters. The average Bonchev–Trinajstić information content (AvgIpc) is 3.33. The van der Waals surface area contributed by atoms with Crippen LogP contribution >= 0.6 is 11.3 Å². The van der Waals surface area contributed by atoms with Crippen molar-refractivity contribution < 1.29 is 5.11 Å². The smallest absolute Gasteiger partial charge is 0.288 e. The summed E-state index contributed by atoms with van der Waals surface area (Å²) in [4.78, 5) is 13.4. The number of phenolic OH excluding ortho intramolecular Hbond substituents is 1. The number of aromatic hydroxyl groups is 1. The van der Waals surface area contributed by atoms with Gasteiger partial charge in [-0.2, -0.15) is 9.78 Å². The summed E-state index contributed by atoms with van der Waals surface area (Å²) in [6.45, 7) is 0. The first kappa shape index (κ1) is 14.8. The van der Waals surface area contributed by atoms with E-state index < -0.39 is 6.04 Å². The van der Waals surface area contributed by atoms with Gasteiger partial charge in [-0.05, 0) is 39.6 Å². The second kappa shape index (κ2) is 5.49. The van der Waals surface area contributed by atoms with Gasteiger partial charge >= 0.3 is 0 Å². The summed E-state index contributed by atoms with van der Waals surface area (Å²) in [5.41, 5.74) is 2.18. The van der Waals surface area contributed by atoms with Gasteiger partial charge in [0.2, 0.25) is 5.95 Å². The molecule has 1 aliphatic heterocycles. The molecule has 4 aromatic rings. The second-order valence-electron chi connectivity index (χ2n) is 5.73. The zero-order valence-corrected chi connectivity index (χ0v) is 13.9. The Kier molecular flexibility index (Phi) is 3.12. The summed E-state index contributed by atoms with van der Waals surface area (Å²) in [6, 6.07) is 10.1. The molecule has 0 aliphatic carbocycles. The molecule has 0 amide bonds. The SMILES string of the molecule is O=c1[nH]nc(-c2cccs2)c2c1Nc1nnnn1[C@@H]2c1ccc(O)cc1. The summed E-state index contributed by atoms with van der Waals surface area (Å²) < 4.78 is 1.60. The predicted molar refractivity (Wildman–Crippen MR) is 94.6 cm³/mol. The lowest BCUT2D eigenvalue weighted by Gasteiger charge is -2.27. The third-order valence-corrected chi connectivity index (χ3v) is 5.11. The molecule has 5 rings (SSSR count). The third kappa shape index (κ3) is 2.12. The van der Waals surface area contributed by atoms with Crippen molar-refractivity contribution >= 4 is 23.0 Å². The van der Waals surface area contributed by atoms with Crippen molar-refractivity contribution in [1.82, 2.24) is 30.4 Å². The molecule has 0 saturated heterocycles. The molecule has 0 spiro atoms. The van der Waals surface area contributed by atoms with Crippen molar-refractivity contribution in [2.45, 2.75) is 6.04 Å². The van der Waals surface area contributed by atoms with Gasteiger partial charge in [0.1, 0.15) is 23.2 Å². The van der Waals surface area contributed by atoms with Gasteiger partial charge in [0, 0.05) is 5.56 Å². The average molecular weight is 365 g/mol. The first-order valence-electron chi connectivity index (χ1n) is 7.72. The van der Waals surface area contributed by atoms with Gasteiger partial charge in [0.15, 0.2) is 0 Å². The maximum absolute atomic E-state index is 12.5. The number of nitrogens with one attached hydrogen (secondary N) is 2. The maximum atomic E-state index is 12.5. The number of hydrogen-bond donors (Lipinski definition) is 3. The van der Waals surface area contributed by atoms with E-state index in [0.29, 0.717) is 22.9 Å². The lowest BCUT2D eigenvalue weighted by Crippen LogP contribution is -2.29. The minimum Gasteiger partial charge on any atom is -0.508 e. The molecule has 0 bridgehead atoms. The van der Waals surface area contributed by atoms with E-state index in [-0.39, 0.29) is 11.3 Å². The number of tetrazole rings is 1. The van der Waals surface area contributed by atoms with Crippen molar-refractivity contribution in [3.63, 3.8) is 0 Å². The van der Waals surface area contributed by atoms with Crippen LogP contribution in [0.4, 0.5) is 11.6 Å². The minimum atomic E-state index is -0.455. The summed E-state index contributed by atoms with van der Waals surface area (Å²) in [7, 11) is 0. The van der Waals surface area contributed by atoms with Gasteiger partial charge in [-0.25, -0.2) is 5.10 Å². The molecule has 128 valence electrons. The predicted octanol–water partition coefficient (Wildman–Crippen LogP) is 1.89. The first-order valence-corrected chi connectivity index (χ1v) is 8.60. The number of aromatic nitrogens is 6. The Balaban J connectivity index is 1.83. The van der Waals surface area contributed by atoms with Gasteiger partial charge in [-0.3, -0.25) is 4.79 Å². The van der Waals surface area contributed by atoms with Crippen molar-refractivity contribution in [2.75, 3.05) is 5.32 Å². The van der Waals surface area contributed by atoms with Crippen LogP contribution in [0.25, 0.3) is 10.6 Å². The number of nitrogens with zero attached hydrogens (tertiary/aromatic N) is 5. The highest BCUT2D eigenvalue weighted by molar-refractivity contribution is 7.13. The van der Waals surface area contributed by atoms with Crippen LogP contribution in [0.1, 0.15) is 17.2 Å². The number of benzene rings is 1. The van der Waals surface area contributed by atoms with Crippen molar-refractivity contribution in [1.29, 1.82) is 0 Å². The fraction of sp³-hybridized carbons (Fsp3) is 0.0625. The van der Waals surface area contributed by atoms with E-state index in [1.807, 2.05) is 17.5 Å². The van der Waals surface area contributed by atoms with Crippen LogP contribution < -0.4 is 10.9 Å². The van der Waals surface area contributed by atoms with Crippen molar-refractivity contribution in [3.05, 3.63) is 63.3 Å². The Bertz CT molecular complexity index is 1150. The van der Waals surface area contributed by atoms with E-state index in [0.717, 1.165) is 10.4 Å². The standard InChI is InChI=1S/C16H11N7O2S/c24-9-5-3-8(4-6-9)14-11-12(10-2-1-7-26-10)18-19-15(25)13(11)17-16-20-21-22-23(14)16/h1-7,14,24H,(H,19,25)(H,17,20,22)/t14-/m1/s1. The van der Waals surface area contributed by atoms with E-state index >= 15 is 0 Å². The van der Waals surface area contributed by atoms with E-state index in [4.69, 9.17) is 0 Å². The fourth-order valence-electron chi connectivity index (χ4n) is 3.10. The van der Waals surface area contributed by atoms with Crippen LogP contribution in [0.15, 0.2) is 46.6 Å². The zero-order chi connectivity index (χ0) is 17.7. The molecule has 1 atom stereocenters. The van der Waals surface area contributed by atoms with E-state index in [9.17, 15) is 9.90 Å². The molecule has 0 saturated carbocycles. The van der Waals surface area contributed by atoms with E-state index in [1.54, 1.807) is 28.9 Å². The number of hydrogen-bond acceptors (Lipinski definition) is 8. The highest BCUT2D eigenvalue weighted by Gasteiger charge is 2.34. The zero-order valence-electron chi connectivity index (χ0n) is 13.1. The quantitative estimate of drug-likeness (QED) is 0.437. The van der Waals surface area contributed by atoms with Gasteiger partial charge in [0.25, 0.3) is 5.56 Å². The maximum Gasteiger partial charge on any atom is 0.288 e. The molecule has 3 N–H and O–H groups in total. The number of thiophene rings is 1. The Labute approximate surface area is 149 Å². The molecule has 26 heavy (non-hydrogen) atoms. The van der Waals surface area contributed by atoms with Gasteiger partial charge in [-0.1, -0.05) is 23.3 Å². The number of fused-ring (bicyclic) bond motifs is 2. The molecule has 4 heterocycles. The van der Waals surface area contributed by atoms with E-state index in [1.165, 1.54) is 11.3 Å². The number of rotatable bonds is 2. The van der Waals surface area contributed by atoms with Gasteiger partial charge in [-0.15, -0.1) is 11.3 Å². The molecule has 0 fully saturated rings. The molecular weight excluding hydrogens is 354 g/mol. The summed E-state index contributed by atoms with van der Waals surface area (Å²) >= 11 is 1.52. The van der Waals surface area contributed by atoms with Crippen LogP contribution in [0.2, 0.25) is 0 Å². The Morgan fingerprint density at radius 1 is 1.19 bits per heavy atom. The summed E-state index contributed by atoms with van der Waals surface area (Å²) in [5, 5.41) is 33.2. The Morgan fingerprint density at radius 3 is 2.81 bits per heavy atom. The second-order valence-corrected chi connectivity index (χ2v) is 6.68. The minimum absolute atomic E-state index is 0.155. The molecule has 1 aromatic carbocycles. The highest BCUT2D eigenvalue weighted by atomic mass is 32.1. The molecule has 0 radical (unpaired) electrons. The fourth-order valence-corrected chi connectivity index (χ4v) is 3.83. The van der Waals surface area contributed by atoms with Crippen LogP contribution in [0.3, 0.4) is 0 Å². The number of H-pyrrole nitrogens is 1. The molecule has 10 heteroatoms. The Morgan fingerprint density at radius 2 is 2.04 bits per heavy atom. The topological polar surface area (TPSA) is 122 Å². The third-order valence-electron chi connectivity index (χ3n) is 4.23. The van der Waals surface area contributed by atoms with Gasteiger partial charge < -0.3 is 10.4 Å². The number of phenols is 1.